The van der Waals surface area contributed by atoms with Gasteiger partial charge in [-0.1, -0.05) is 24.3 Å². The number of nitrogens with one attached hydrogen (secondary N) is 2. The van der Waals surface area contributed by atoms with E-state index in [-0.39, 0.29) is 11.7 Å². The van der Waals surface area contributed by atoms with E-state index in [1.165, 1.54) is 12.1 Å². The molecule has 4 aromatic rings. The summed E-state index contributed by atoms with van der Waals surface area (Å²) in [5.41, 5.74) is 2.77. The number of rotatable bonds is 3. The van der Waals surface area contributed by atoms with Gasteiger partial charge in [0, 0.05) is 5.56 Å². The van der Waals surface area contributed by atoms with Gasteiger partial charge in [0.25, 0.3) is 5.91 Å². The highest BCUT2D eigenvalue weighted by Crippen LogP contribution is 2.20. The summed E-state index contributed by atoms with van der Waals surface area (Å²) in [5.74, 6) is 0.739. The van der Waals surface area contributed by atoms with Crippen LogP contribution < -0.4 is 5.32 Å². The van der Waals surface area contributed by atoms with E-state index in [1.54, 1.807) is 24.3 Å². The van der Waals surface area contributed by atoms with Gasteiger partial charge in [-0.2, -0.15) is 0 Å². The van der Waals surface area contributed by atoms with Gasteiger partial charge < -0.3 is 15.4 Å². The molecule has 122 valence electrons. The van der Waals surface area contributed by atoms with Crippen molar-refractivity contribution in [2.24, 2.45) is 0 Å². The highest BCUT2D eigenvalue weighted by Gasteiger charge is 2.10. The summed E-state index contributed by atoms with van der Waals surface area (Å²) in [4.78, 5) is 24.4. The fourth-order valence-corrected chi connectivity index (χ4v) is 2.55. The average Bonchev–Trinajstić information content (AvgIpc) is 3.06. The smallest absolute Gasteiger partial charge is 0.256 e. The van der Waals surface area contributed by atoms with Crippen LogP contribution in [-0.4, -0.2) is 26.0 Å². The van der Waals surface area contributed by atoms with Gasteiger partial charge in [-0.15, -0.1) is 0 Å². The number of aromatic amines is 1. The molecule has 0 aliphatic heterocycles. The first kappa shape index (κ1) is 14.9. The topological polar surface area (TPSA) is 90.9 Å². The number of phenols is 1. The number of imidazole rings is 1. The Kier molecular flexibility index (Phi) is 3.63. The van der Waals surface area contributed by atoms with Crippen molar-refractivity contribution in [2.75, 3.05) is 5.32 Å². The van der Waals surface area contributed by atoms with Crippen molar-refractivity contribution in [1.82, 2.24) is 15.0 Å². The fraction of sp³-hybridized carbons (Fsp3) is 0. The van der Waals surface area contributed by atoms with E-state index in [0.29, 0.717) is 22.9 Å². The first-order valence-electron chi connectivity index (χ1n) is 7.71. The Morgan fingerprint density at radius 1 is 0.960 bits per heavy atom. The molecule has 4 rings (SSSR count). The minimum Gasteiger partial charge on any atom is -0.508 e. The molecule has 0 saturated carbocycles. The van der Waals surface area contributed by atoms with Gasteiger partial charge >= 0.3 is 0 Å². The van der Waals surface area contributed by atoms with Gasteiger partial charge in [0.2, 0.25) is 0 Å². The summed E-state index contributed by atoms with van der Waals surface area (Å²) in [6.07, 6.45) is 0. The van der Waals surface area contributed by atoms with Crippen molar-refractivity contribution in [3.05, 3.63) is 72.3 Å². The van der Waals surface area contributed by atoms with Crippen molar-refractivity contribution in [3.8, 4) is 17.3 Å². The van der Waals surface area contributed by atoms with Crippen LogP contribution in [0.2, 0.25) is 0 Å². The zero-order valence-electron chi connectivity index (χ0n) is 13.1. The number of H-pyrrole nitrogens is 1. The largest absolute Gasteiger partial charge is 0.508 e. The van der Waals surface area contributed by atoms with Crippen molar-refractivity contribution < 1.29 is 9.90 Å². The van der Waals surface area contributed by atoms with E-state index < -0.39 is 0 Å². The number of amides is 1. The van der Waals surface area contributed by atoms with Gasteiger partial charge in [-0.3, -0.25) is 4.79 Å². The van der Waals surface area contributed by atoms with Crippen LogP contribution >= 0.6 is 0 Å². The first-order chi connectivity index (χ1) is 12.2. The van der Waals surface area contributed by atoms with E-state index in [1.807, 2.05) is 30.3 Å². The summed E-state index contributed by atoms with van der Waals surface area (Å²) < 4.78 is 0. The number of carbonyl (C=O) groups is 1. The van der Waals surface area contributed by atoms with Gasteiger partial charge in [0.1, 0.15) is 17.3 Å². The molecule has 2 aromatic carbocycles. The molecular weight excluding hydrogens is 316 g/mol. The lowest BCUT2D eigenvalue weighted by atomic mass is 10.2. The van der Waals surface area contributed by atoms with E-state index in [9.17, 15) is 9.90 Å². The molecule has 6 nitrogen and oxygen atoms in total. The molecule has 2 heterocycles. The minimum atomic E-state index is -0.342. The third-order valence-electron chi connectivity index (χ3n) is 3.73. The Balaban J connectivity index is 1.62. The summed E-state index contributed by atoms with van der Waals surface area (Å²) in [6, 6.07) is 19.2. The van der Waals surface area contributed by atoms with Crippen LogP contribution in [-0.2, 0) is 0 Å². The molecule has 0 aliphatic carbocycles. The van der Waals surface area contributed by atoms with Crippen LogP contribution in [0.15, 0.2) is 66.7 Å². The summed E-state index contributed by atoms with van der Waals surface area (Å²) >= 11 is 0. The lowest BCUT2D eigenvalue weighted by Crippen LogP contribution is -2.12. The minimum absolute atomic E-state index is 0.0386. The Bertz CT molecular complexity index is 1040. The molecule has 0 bridgehead atoms. The number of benzene rings is 2. The molecular formula is C19H14N4O2. The van der Waals surface area contributed by atoms with Crippen LogP contribution in [0.5, 0.6) is 5.75 Å². The maximum Gasteiger partial charge on any atom is 0.256 e. The maximum absolute atomic E-state index is 12.3. The van der Waals surface area contributed by atoms with E-state index in [2.05, 4.69) is 20.3 Å². The van der Waals surface area contributed by atoms with Crippen LogP contribution in [0, 0.1) is 0 Å². The third kappa shape index (κ3) is 3.05. The number of para-hydroxylation sites is 2. The molecule has 0 aliphatic rings. The number of fused-ring (bicyclic) bond motifs is 1. The Morgan fingerprint density at radius 2 is 1.80 bits per heavy atom. The average molecular weight is 330 g/mol. The molecule has 0 atom stereocenters. The molecule has 0 saturated heterocycles. The van der Waals surface area contributed by atoms with Crippen molar-refractivity contribution >= 4 is 22.8 Å². The molecule has 0 spiro atoms. The SMILES string of the molecule is O=C(Nc1cccc(-c2nc3ccccc3[nH]2)n1)c1cccc(O)c1. The van der Waals surface area contributed by atoms with E-state index in [4.69, 9.17) is 0 Å². The normalized spacial score (nSPS) is 10.7. The number of aromatic nitrogens is 3. The second-order valence-corrected chi connectivity index (χ2v) is 5.52. The predicted octanol–water partition coefficient (Wildman–Crippen LogP) is 3.58. The van der Waals surface area contributed by atoms with Gasteiger partial charge in [0.15, 0.2) is 5.82 Å². The fourth-order valence-electron chi connectivity index (χ4n) is 2.55. The second kappa shape index (κ2) is 6.09. The summed E-state index contributed by atoms with van der Waals surface area (Å²) in [5, 5.41) is 12.2. The summed E-state index contributed by atoms with van der Waals surface area (Å²) in [6.45, 7) is 0. The number of aromatic hydroxyl groups is 1. The molecule has 2 aromatic heterocycles. The van der Waals surface area contributed by atoms with Crippen LogP contribution in [0.1, 0.15) is 10.4 Å². The Hall–Kier alpha value is -3.67. The second-order valence-electron chi connectivity index (χ2n) is 5.52. The van der Waals surface area contributed by atoms with Crippen LogP contribution in [0.3, 0.4) is 0 Å². The molecule has 1 amide bonds. The quantitative estimate of drug-likeness (QED) is 0.535. The molecule has 0 unspecified atom stereocenters. The standard InChI is InChI=1S/C19H14N4O2/c24-13-6-3-5-12(11-13)19(25)23-17-10-4-9-16(20-17)18-21-14-7-1-2-8-15(14)22-18/h1-11,24H,(H,21,22)(H,20,23,25). The Labute approximate surface area is 143 Å². The number of anilines is 1. The highest BCUT2D eigenvalue weighted by atomic mass is 16.3. The third-order valence-corrected chi connectivity index (χ3v) is 3.73. The molecule has 3 N–H and O–H groups in total. The van der Waals surface area contributed by atoms with Crippen LogP contribution in [0.25, 0.3) is 22.6 Å². The number of phenolic OH excluding ortho intramolecular Hbond substituents is 1. The summed E-state index contributed by atoms with van der Waals surface area (Å²) in [7, 11) is 0. The number of nitrogens with zero attached hydrogens (tertiary/aromatic N) is 2. The molecule has 0 fully saturated rings. The molecule has 6 heteroatoms. The number of pyridine rings is 1. The highest BCUT2D eigenvalue weighted by molar-refractivity contribution is 6.04. The van der Waals surface area contributed by atoms with Crippen molar-refractivity contribution in [1.29, 1.82) is 0 Å². The molecule has 25 heavy (non-hydrogen) atoms. The van der Waals surface area contributed by atoms with Gasteiger partial charge in [-0.05, 0) is 42.5 Å². The lowest BCUT2D eigenvalue weighted by Gasteiger charge is -2.06. The number of hydrogen-bond acceptors (Lipinski definition) is 4. The lowest BCUT2D eigenvalue weighted by molar-refractivity contribution is 0.102. The number of carbonyl (C=O) groups excluding carboxylic acids is 1. The molecule has 0 radical (unpaired) electrons. The predicted molar refractivity (Wildman–Crippen MR) is 95.4 cm³/mol. The van der Waals surface area contributed by atoms with Crippen LogP contribution in [0.4, 0.5) is 5.82 Å². The zero-order valence-corrected chi connectivity index (χ0v) is 13.1. The van der Waals surface area contributed by atoms with Gasteiger partial charge in [-0.25, -0.2) is 9.97 Å². The van der Waals surface area contributed by atoms with E-state index in [0.717, 1.165) is 11.0 Å². The van der Waals surface area contributed by atoms with Crippen molar-refractivity contribution in [3.63, 3.8) is 0 Å². The monoisotopic (exact) mass is 330 g/mol. The van der Waals surface area contributed by atoms with E-state index >= 15 is 0 Å². The maximum atomic E-state index is 12.3. The number of hydrogen-bond donors (Lipinski definition) is 3. The van der Waals surface area contributed by atoms with Gasteiger partial charge in [0.05, 0.1) is 11.0 Å². The zero-order chi connectivity index (χ0) is 17.2. The van der Waals surface area contributed by atoms with Crippen molar-refractivity contribution in [2.45, 2.75) is 0 Å². The Morgan fingerprint density at radius 3 is 2.64 bits per heavy atom. The first-order valence-corrected chi connectivity index (χ1v) is 7.71.